The number of hydrogen-bond donors (Lipinski definition) is 1. The van der Waals surface area contributed by atoms with Gasteiger partial charge < -0.3 is 9.84 Å². The predicted molar refractivity (Wildman–Crippen MR) is 73.5 cm³/mol. The lowest BCUT2D eigenvalue weighted by Gasteiger charge is -2.09. The second kappa shape index (κ2) is 5.67. The molecule has 1 N–H and O–H groups in total. The molecule has 0 saturated heterocycles. The number of methoxy groups -OCH3 is 1. The molecule has 0 saturated carbocycles. The van der Waals surface area contributed by atoms with Crippen molar-refractivity contribution in [3.8, 4) is 16.9 Å². The lowest BCUT2D eigenvalue weighted by atomic mass is 10.0. The van der Waals surface area contributed by atoms with Gasteiger partial charge in [-0.2, -0.15) is 0 Å². The van der Waals surface area contributed by atoms with Crippen LogP contribution in [0.4, 0.5) is 4.39 Å². The average molecular weight is 258 g/mol. The molecular weight excluding hydrogens is 243 g/mol. The Labute approximate surface area is 111 Å². The van der Waals surface area contributed by atoms with Gasteiger partial charge in [0.2, 0.25) is 0 Å². The van der Waals surface area contributed by atoms with E-state index in [1.165, 1.54) is 12.1 Å². The van der Waals surface area contributed by atoms with E-state index in [2.05, 4.69) is 6.58 Å². The first-order valence-electron chi connectivity index (χ1n) is 5.90. The van der Waals surface area contributed by atoms with Crippen LogP contribution in [-0.2, 0) is 0 Å². The van der Waals surface area contributed by atoms with Gasteiger partial charge >= 0.3 is 0 Å². The molecule has 0 bridgehead atoms. The Bertz CT molecular complexity index is 576. The Morgan fingerprint density at radius 1 is 1.21 bits per heavy atom. The van der Waals surface area contributed by atoms with Gasteiger partial charge in [-0.3, -0.25) is 0 Å². The first-order valence-corrected chi connectivity index (χ1v) is 5.90. The van der Waals surface area contributed by atoms with Gasteiger partial charge in [0, 0.05) is 5.56 Å². The summed E-state index contributed by atoms with van der Waals surface area (Å²) in [4.78, 5) is 0. The van der Waals surface area contributed by atoms with Gasteiger partial charge in [-0.05, 0) is 29.3 Å². The summed E-state index contributed by atoms with van der Waals surface area (Å²) in [6.07, 6.45) is 0.741. The van der Waals surface area contributed by atoms with Crippen LogP contribution in [-0.4, -0.2) is 12.2 Å². The molecule has 0 radical (unpaired) electrons. The van der Waals surface area contributed by atoms with Crippen molar-refractivity contribution in [3.05, 3.63) is 66.5 Å². The molecule has 0 aliphatic carbocycles. The molecular formula is C16H15FO2. The SMILES string of the molecule is C=CC(O)c1ccc(-c2cc(OC)ccc2F)cc1. The third-order valence-electron chi connectivity index (χ3n) is 2.96. The normalized spacial score (nSPS) is 11.9. The van der Waals surface area contributed by atoms with Crippen molar-refractivity contribution in [1.82, 2.24) is 0 Å². The minimum absolute atomic E-state index is 0.308. The summed E-state index contributed by atoms with van der Waals surface area (Å²) in [6.45, 7) is 3.53. The van der Waals surface area contributed by atoms with Crippen molar-refractivity contribution in [3.63, 3.8) is 0 Å². The topological polar surface area (TPSA) is 29.5 Å². The summed E-state index contributed by atoms with van der Waals surface area (Å²) >= 11 is 0. The average Bonchev–Trinajstić information content (AvgIpc) is 2.47. The minimum atomic E-state index is -0.704. The van der Waals surface area contributed by atoms with E-state index < -0.39 is 6.10 Å². The number of aliphatic hydroxyl groups is 1. The van der Waals surface area contributed by atoms with Crippen LogP contribution >= 0.6 is 0 Å². The van der Waals surface area contributed by atoms with E-state index in [0.717, 1.165) is 11.1 Å². The van der Waals surface area contributed by atoms with Gasteiger partial charge in [-0.15, -0.1) is 6.58 Å². The Morgan fingerprint density at radius 3 is 2.47 bits per heavy atom. The maximum Gasteiger partial charge on any atom is 0.131 e. The minimum Gasteiger partial charge on any atom is -0.497 e. The Kier molecular flexibility index (Phi) is 3.97. The predicted octanol–water partition coefficient (Wildman–Crippen LogP) is 3.72. The largest absolute Gasteiger partial charge is 0.497 e. The van der Waals surface area contributed by atoms with Crippen LogP contribution < -0.4 is 4.74 Å². The molecule has 2 rings (SSSR count). The monoisotopic (exact) mass is 258 g/mol. The van der Waals surface area contributed by atoms with Crippen LogP contribution in [0.15, 0.2) is 55.1 Å². The zero-order valence-corrected chi connectivity index (χ0v) is 10.6. The maximum atomic E-state index is 13.8. The van der Waals surface area contributed by atoms with E-state index in [1.807, 2.05) is 0 Å². The van der Waals surface area contributed by atoms with Crippen LogP contribution in [0, 0.1) is 5.82 Å². The van der Waals surface area contributed by atoms with Crippen LogP contribution in [0.1, 0.15) is 11.7 Å². The third kappa shape index (κ3) is 2.83. The van der Waals surface area contributed by atoms with Crippen molar-refractivity contribution in [2.45, 2.75) is 6.10 Å². The molecule has 0 spiro atoms. The molecule has 1 atom stereocenters. The lowest BCUT2D eigenvalue weighted by Crippen LogP contribution is -1.93. The number of aliphatic hydroxyl groups excluding tert-OH is 1. The molecule has 0 aliphatic heterocycles. The number of halogens is 1. The zero-order valence-electron chi connectivity index (χ0n) is 10.6. The van der Waals surface area contributed by atoms with E-state index in [0.29, 0.717) is 11.3 Å². The van der Waals surface area contributed by atoms with Crippen molar-refractivity contribution < 1.29 is 14.2 Å². The van der Waals surface area contributed by atoms with Crippen LogP contribution in [0.2, 0.25) is 0 Å². The summed E-state index contributed by atoms with van der Waals surface area (Å²) in [5, 5.41) is 9.62. The first kappa shape index (κ1) is 13.3. The fraction of sp³-hybridized carbons (Fsp3) is 0.125. The van der Waals surface area contributed by atoms with E-state index in [9.17, 15) is 9.50 Å². The highest BCUT2D eigenvalue weighted by Gasteiger charge is 2.08. The highest BCUT2D eigenvalue weighted by Crippen LogP contribution is 2.28. The number of benzene rings is 2. The van der Waals surface area contributed by atoms with Crippen molar-refractivity contribution in [1.29, 1.82) is 0 Å². The van der Waals surface area contributed by atoms with Gasteiger partial charge in [-0.25, -0.2) is 4.39 Å². The number of ether oxygens (including phenoxy) is 1. The molecule has 2 aromatic rings. The molecule has 3 heteroatoms. The van der Waals surface area contributed by atoms with Gasteiger partial charge in [-0.1, -0.05) is 30.3 Å². The van der Waals surface area contributed by atoms with Gasteiger partial charge in [0.25, 0.3) is 0 Å². The van der Waals surface area contributed by atoms with Gasteiger partial charge in [0.1, 0.15) is 11.6 Å². The molecule has 2 aromatic carbocycles. The Balaban J connectivity index is 2.39. The summed E-state index contributed by atoms with van der Waals surface area (Å²) in [5.74, 6) is 0.296. The molecule has 0 aromatic heterocycles. The van der Waals surface area contributed by atoms with Gasteiger partial charge in [0.05, 0.1) is 13.2 Å². The smallest absolute Gasteiger partial charge is 0.131 e. The fourth-order valence-electron chi connectivity index (χ4n) is 1.85. The van der Waals surface area contributed by atoms with Crippen LogP contribution in [0.25, 0.3) is 11.1 Å². The zero-order chi connectivity index (χ0) is 13.8. The Morgan fingerprint density at radius 2 is 1.89 bits per heavy atom. The quantitative estimate of drug-likeness (QED) is 0.847. The maximum absolute atomic E-state index is 13.8. The van der Waals surface area contributed by atoms with E-state index in [1.54, 1.807) is 43.5 Å². The van der Waals surface area contributed by atoms with E-state index in [-0.39, 0.29) is 5.82 Å². The lowest BCUT2D eigenvalue weighted by molar-refractivity contribution is 0.229. The molecule has 0 fully saturated rings. The summed E-state index contributed by atoms with van der Waals surface area (Å²) in [6, 6.07) is 11.6. The molecule has 19 heavy (non-hydrogen) atoms. The molecule has 1 unspecified atom stereocenters. The summed E-state index contributed by atoms with van der Waals surface area (Å²) in [5.41, 5.74) is 1.93. The van der Waals surface area contributed by atoms with E-state index in [4.69, 9.17) is 4.74 Å². The Hall–Kier alpha value is -2.13. The van der Waals surface area contributed by atoms with Crippen molar-refractivity contribution in [2.24, 2.45) is 0 Å². The highest BCUT2D eigenvalue weighted by atomic mass is 19.1. The first-order chi connectivity index (χ1) is 9.15. The fourth-order valence-corrected chi connectivity index (χ4v) is 1.85. The highest BCUT2D eigenvalue weighted by molar-refractivity contribution is 5.66. The van der Waals surface area contributed by atoms with Crippen molar-refractivity contribution >= 4 is 0 Å². The van der Waals surface area contributed by atoms with Crippen LogP contribution in [0.5, 0.6) is 5.75 Å². The second-order valence-electron chi connectivity index (χ2n) is 4.15. The van der Waals surface area contributed by atoms with Crippen molar-refractivity contribution in [2.75, 3.05) is 7.11 Å². The molecule has 0 amide bonds. The molecule has 98 valence electrons. The van der Waals surface area contributed by atoms with Crippen LogP contribution in [0.3, 0.4) is 0 Å². The number of rotatable bonds is 4. The third-order valence-corrected chi connectivity index (χ3v) is 2.96. The molecule has 0 aliphatic rings. The summed E-state index contributed by atoms with van der Waals surface area (Å²) < 4.78 is 18.9. The standard InChI is InChI=1S/C16H15FO2/c1-3-16(18)12-6-4-11(5-7-12)14-10-13(19-2)8-9-15(14)17/h3-10,16,18H,1H2,2H3. The number of hydrogen-bond acceptors (Lipinski definition) is 2. The summed E-state index contributed by atoms with van der Waals surface area (Å²) in [7, 11) is 1.54. The van der Waals surface area contributed by atoms with Gasteiger partial charge in [0.15, 0.2) is 0 Å². The second-order valence-corrected chi connectivity index (χ2v) is 4.15. The van der Waals surface area contributed by atoms with E-state index >= 15 is 0 Å². The molecule has 0 heterocycles. The molecule has 2 nitrogen and oxygen atoms in total.